The molecule has 1 heterocycles. The van der Waals surface area contributed by atoms with Crippen LogP contribution in [0, 0.1) is 0 Å². The number of anilines is 2. The Hall–Kier alpha value is -1.01. The van der Waals surface area contributed by atoms with E-state index < -0.39 is 0 Å². The molecule has 1 aromatic rings. The van der Waals surface area contributed by atoms with Crippen molar-refractivity contribution in [3.63, 3.8) is 0 Å². The average molecular weight is 242 g/mol. The lowest BCUT2D eigenvalue weighted by Gasteiger charge is -2.08. The van der Waals surface area contributed by atoms with Gasteiger partial charge in [-0.3, -0.25) is 0 Å². The van der Waals surface area contributed by atoms with Gasteiger partial charge in [0.1, 0.15) is 18.2 Å². The molecule has 5 nitrogen and oxygen atoms in total. The summed E-state index contributed by atoms with van der Waals surface area (Å²) >= 11 is 1.80. The molecule has 0 saturated heterocycles. The molecule has 0 fully saturated rings. The van der Waals surface area contributed by atoms with Crippen LogP contribution in [0.2, 0.25) is 0 Å². The maximum absolute atomic E-state index is 5.02. The Balaban J connectivity index is 2.69. The van der Waals surface area contributed by atoms with Crippen LogP contribution in [0.3, 0.4) is 0 Å². The Labute approximate surface area is 100 Å². The average Bonchev–Trinajstić information content (AvgIpc) is 2.29. The molecule has 0 aliphatic carbocycles. The van der Waals surface area contributed by atoms with Crippen molar-refractivity contribution in [1.29, 1.82) is 0 Å². The minimum absolute atomic E-state index is 0.423. The fraction of sp³-hybridized carbons (Fsp3) is 0.600. The molecule has 0 saturated carbocycles. The van der Waals surface area contributed by atoms with Crippen molar-refractivity contribution in [3.8, 4) is 0 Å². The van der Waals surface area contributed by atoms with Crippen molar-refractivity contribution in [2.75, 3.05) is 43.3 Å². The summed E-state index contributed by atoms with van der Waals surface area (Å²) < 4.78 is 5.02. The molecule has 0 atom stereocenters. The molecule has 90 valence electrons. The molecule has 1 aromatic heterocycles. The first-order valence-corrected chi connectivity index (χ1v) is 6.47. The zero-order chi connectivity index (χ0) is 11.8. The second kappa shape index (κ2) is 7.29. The molecule has 0 spiro atoms. The van der Waals surface area contributed by atoms with Gasteiger partial charge in [-0.25, -0.2) is 9.97 Å². The maximum atomic E-state index is 5.02. The predicted molar refractivity (Wildman–Crippen MR) is 69.2 cm³/mol. The first-order valence-electron chi connectivity index (χ1n) is 5.07. The number of hydrogen-bond acceptors (Lipinski definition) is 6. The number of nitrogens with one attached hydrogen (secondary N) is 2. The molecule has 0 radical (unpaired) electrons. The van der Waals surface area contributed by atoms with Crippen LogP contribution in [0.1, 0.15) is 5.82 Å². The van der Waals surface area contributed by atoms with E-state index >= 15 is 0 Å². The quantitative estimate of drug-likeness (QED) is 0.706. The second-order valence-corrected chi connectivity index (χ2v) is 4.14. The summed E-state index contributed by atoms with van der Waals surface area (Å²) in [4.78, 5) is 8.62. The Morgan fingerprint density at radius 3 is 2.75 bits per heavy atom. The van der Waals surface area contributed by atoms with Gasteiger partial charge in [-0.2, -0.15) is 11.8 Å². The zero-order valence-electron chi connectivity index (χ0n) is 9.91. The van der Waals surface area contributed by atoms with Gasteiger partial charge in [0.25, 0.3) is 0 Å². The van der Waals surface area contributed by atoms with E-state index in [1.165, 1.54) is 0 Å². The monoisotopic (exact) mass is 242 g/mol. The third kappa shape index (κ3) is 4.24. The van der Waals surface area contributed by atoms with E-state index in [4.69, 9.17) is 4.74 Å². The first-order chi connectivity index (χ1) is 7.80. The van der Waals surface area contributed by atoms with Gasteiger partial charge in [0.2, 0.25) is 0 Å². The van der Waals surface area contributed by atoms with Crippen molar-refractivity contribution >= 4 is 23.4 Å². The van der Waals surface area contributed by atoms with Crippen LogP contribution in [0.4, 0.5) is 11.6 Å². The number of thioether (sulfide) groups is 1. The highest BCUT2D eigenvalue weighted by atomic mass is 32.2. The number of ether oxygens (including phenoxy) is 1. The van der Waals surface area contributed by atoms with E-state index in [0.29, 0.717) is 12.4 Å². The molecule has 2 N–H and O–H groups in total. The highest BCUT2D eigenvalue weighted by Crippen LogP contribution is 2.11. The highest BCUT2D eigenvalue weighted by Gasteiger charge is 2.02. The lowest BCUT2D eigenvalue weighted by atomic mass is 10.4. The van der Waals surface area contributed by atoms with Crippen LogP contribution < -0.4 is 10.6 Å². The topological polar surface area (TPSA) is 59.1 Å². The Bertz CT molecular complexity index is 322. The van der Waals surface area contributed by atoms with E-state index in [-0.39, 0.29) is 0 Å². The minimum Gasteiger partial charge on any atom is -0.377 e. The summed E-state index contributed by atoms with van der Waals surface area (Å²) in [6, 6.07) is 1.89. The molecule has 0 unspecified atom stereocenters. The molecule has 1 rings (SSSR count). The van der Waals surface area contributed by atoms with Gasteiger partial charge in [-0.15, -0.1) is 0 Å². The molecule has 0 aliphatic rings. The minimum atomic E-state index is 0.423. The normalized spacial score (nSPS) is 10.2. The smallest absolute Gasteiger partial charge is 0.158 e. The molecule has 6 heteroatoms. The maximum Gasteiger partial charge on any atom is 0.158 e. The highest BCUT2D eigenvalue weighted by molar-refractivity contribution is 7.98. The van der Waals surface area contributed by atoms with Crippen LogP contribution in [0.5, 0.6) is 0 Å². The summed E-state index contributed by atoms with van der Waals surface area (Å²) in [5.41, 5.74) is 0. The van der Waals surface area contributed by atoms with Gasteiger partial charge >= 0.3 is 0 Å². The molecular formula is C10H18N4OS. The Morgan fingerprint density at radius 1 is 1.38 bits per heavy atom. The van der Waals surface area contributed by atoms with E-state index in [9.17, 15) is 0 Å². The van der Waals surface area contributed by atoms with E-state index in [1.807, 2.05) is 13.1 Å². The Morgan fingerprint density at radius 2 is 2.12 bits per heavy atom. The van der Waals surface area contributed by atoms with E-state index in [2.05, 4.69) is 26.9 Å². The van der Waals surface area contributed by atoms with Crippen LogP contribution in [-0.2, 0) is 11.3 Å². The van der Waals surface area contributed by atoms with Crippen LogP contribution in [0.25, 0.3) is 0 Å². The van der Waals surface area contributed by atoms with E-state index in [1.54, 1.807) is 18.9 Å². The number of aromatic nitrogens is 2. The van der Waals surface area contributed by atoms with Gasteiger partial charge < -0.3 is 15.4 Å². The van der Waals surface area contributed by atoms with Crippen molar-refractivity contribution in [3.05, 3.63) is 11.9 Å². The fourth-order valence-electron chi connectivity index (χ4n) is 1.19. The fourth-order valence-corrected chi connectivity index (χ4v) is 1.50. The SMILES string of the molecule is CNc1cc(NCCSC)nc(COC)n1. The van der Waals surface area contributed by atoms with Crippen LogP contribution in [-0.4, -0.2) is 42.7 Å². The summed E-state index contributed by atoms with van der Waals surface area (Å²) in [5, 5.41) is 6.26. The number of nitrogens with zero attached hydrogens (tertiary/aromatic N) is 2. The van der Waals surface area contributed by atoms with Crippen molar-refractivity contribution in [2.24, 2.45) is 0 Å². The molecule has 16 heavy (non-hydrogen) atoms. The van der Waals surface area contributed by atoms with Gasteiger partial charge in [-0.1, -0.05) is 0 Å². The van der Waals surface area contributed by atoms with Crippen molar-refractivity contribution in [2.45, 2.75) is 6.61 Å². The second-order valence-electron chi connectivity index (χ2n) is 3.16. The Kier molecular flexibility index (Phi) is 5.95. The van der Waals surface area contributed by atoms with Crippen LogP contribution in [0.15, 0.2) is 6.07 Å². The largest absolute Gasteiger partial charge is 0.377 e. The molecule has 0 amide bonds. The number of methoxy groups -OCH3 is 1. The summed E-state index contributed by atoms with van der Waals surface area (Å²) in [6.45, 7) is 1.32. The van der Waals surface area contributed by atoms with Gasteiger partial charge in [-0.05, 0) is 6.26 Å². The predicted octanol–water partition coefficient (Wildman–Crippen LogP) is 1.44. The molecule has 0 aliphatic heterocycles. The standard InChI is InChI=1S/C10H18N4OS/c1-11-8-6-9(12-4-5-16-3)14-10(13-8)7-15-2/h6H,4-5,7H2,1-3H3,(H2,11,12,13,14). The van der Waals surface area contributed by atoms with Crippen molar-refractivity contribution < 1.29 is 4.74 Å². The summed E-state index contributed by atoms with van der Waals surface area (Å²) in [6.07, 6.45) is 2.08. The van der Waals surface area contributed by atoms with Gasteiger partial charge in [0.15, 0.2) is 5.82 Å². The third-order valence-corrected chi connectivity index (χ3v) is 2.53. The van der Waals surface area contributed by atoms with Gasteiger partial charge in [0.05, 0.1) is 0 Å². The molecular weight excluding hydrogens is 224 g/mol. The summed E-state index contributed by atoms with van der Waals surface area (Å²) in [5.74, 6) is 3.37. The number of rotatable bonds is 7. The first kappa shape index (κ1) is 13.1. The van der Waals surface area contributed by atoms with Gasteiger partial charge in [0, 0.05) is 32.5 Å². The lowest BCUT2D eigenvalue weighted by molar-refractivity contribution is 0.178. The summed E-state index contributed by atoms with van der Waals surface area (Å²) in [7, 11) is 3.47. The molecule has 0 bridgehead atoms. The zero-order valence-corrected chi connectivity index (χ0v) is 10.7. The lowest BCUT2D eigenvalue weighted by Crippen LogP contribution is -2.09. The van der Waals surface area contributed by atoms with Crippen LogP contribution >= 0.6 is 11.8 Å². The van der Waals surface area contributed by atoms with E-state index in [0.717, 1.165) is 23.9 Å². The number of hydrogen-bond donors (Lipinski definition) is 2. The molecule has 0 aromatic carbocycles. The van der Waals surface area contributed by atoms with Crippen molar-refractivity contribution in [1.82, 2.24) is 9.97 Å². The third-order valence-electron chi connectivity index (χ3n) is 1.91.